The van der Waals surface area contributed by atoms with Gasteiger partial charge in [0.1, 0.15) is 12.0 Å². The lowest BCUT2D eigenvalue weighted by Crippen LogP contribution is -2.19. The number of alkyl halides is 1. The predicted molar refractivity (Wildman–Crippen MR) is 89.8 cm³/mol. The third kappa shape index (κ3) is 4.35. The van der Waals surface area contributed by atoms with Gasteiger partial charge in [-0.15, -0.1) is 11.6 Å². The topological polar surface area (TPSA) is 35.2 Å². The molecule has 0 radical (unpaired) electrons. The van der Waals surface area contributed by atoms with Crippen LogP contribution in [-0.4, -0.2) is 12.1 Å². The molecule has 0 aliphatic heterocycles. The Morgan fingerprint density at radius 3 is 2.00 bits per heavy atom. The number of hydrogen-bond donors (Lipinski definition) is 1. The number of nitrogens with two attached hydrogens (primary N) is 1. The maximum Gasteiger partial charge on any atom is 0.144 e. The summed E-state index contributed by atoms with van der Waals surface area (Å²) in [7, 11) is 0. The molecule has 2 aromatic carbocycles. The van der Waals surface area contributed by atoms with Crippen LogP contribution in [0.4, 0.5) is 0 Å². The molecule has 2 aromatic rings. The van der Waals surface area contributed by atoms with Crippen molar-refractivity contribution >= 4 is 22.9 Å². The van der Waals surface area contributed by atoms with Crippen LogP contribution in [0, 0.1) is 0 Å². The maximum atomic E-state index is 5.99. The summed E-state index contributed by atoms with van der Waals surface area (Å²) in [5.41, 5.74) is 9.05. The van der Waals surface area contributed by atoms with Crippen molar-refractivity contribution in [1.29, 1.82) is 0 Å². The number of rotatable bonds is 6. The first-order valence-electron chi connectivity index (χ1n) is 7.04. The Labute approximate surface area is 131 Å². The van der Waals surface area contributed by atoms with E-state index in [4.69, 9.17) is 22.1 Å². The summed E-state index contributed by atoms with van der Waals surface area (Å²) in [4.78, 5) is 0. The minimum Gasteiger partial charge on any atom is -0.475 e. The molecular formula is C18H20ClNO. The summed E-state index contributed by atoms with van der Waals surface area (Å²) >= 11 is 5.99. The van der Waals surface area contributed by atoms with Gasteiger partial charge in [0, 0.05) is 17.0 Å². The number of ether oxygens (including phenoxy) is 1. The van der Waals surface area contributed by atoms with E-state index in [1.165, 1.54) is 0 Å². The van der Waals surface area contributed by atoms with Gasteiger partial charge in [-0.3, -0.25) is 5.73 Å². The number of hydrogen-bond acceptors (Lipinski definition) is 2. The Morgan fingerprint density at radius 1 is 1.00 bits per heavy atom. The van der Waals surface area contributed by atoms with Gasteiger partial charge in [-0.05, 0) is 18.9 Å². The molecule has 0 saturated carbocycles. The molecule has 0 aliphatic rings. The van der Waals surface area contributed by atoms with Gasteiger partial charge in [0.25, 0.3) is 0 Å². The van der Waals surface area contributed by atoms with Crippen LogP contribution >= 0.6 is 11.6 Å². The van der Waals surface area contributed by atoms with Crippen LogP contribution in [0.5, 0.6) is 0 Å². The quantitative estimate of drug-likeness (QED) is 0.369. The first-order valence-corrected chi connectivity index (χ1v) is 7.58. The van der Waals surface area contributed by atoms with Gasteiger partial charge in [-0.2, -0.15) is 0 Å². The van der Waals surface area contributed by atoms with E-state index in [9.17, 15) is 0 Å². The Bertz CT molecular complexity index is 579. The van der Waals surface area contributed by atoms with E-state index in [2.05, 4.69) is 12.1 Å². The van der Waals surface area contributed by atoms with Crippen molar-refractivity contribution in [3.8, 4) is 0 Å². The van der Waals surface area contributed by atoms with Crippen LogP contribution in [0.3, 0.4) is 0 Å². The molecule has 0 spiro atoms. The normalized spacial score (nSPS) is 13.5. The second-order valence-corrected chi connectivity index (χ2v) is 5.18. The third-order valence-electron chi connectivity index (χ3n) is 3.08. The van der Waals surface area contributed by atoms with E-state index in [0.29, 0.717) is 5.88 Å². The standard InChI is InChI=1S/C18H20ClNO/c1-14(20)21-18(16-10-6-3-7-11-16)17(12-13-19)15-8-4-2-5-9-15/h2-11,14H,12-13,20H2,1H3/b18-17-. The summed E-state index contributed by atoms with van der Waals surface area (Å²) in [6.07, 6.45) is 0.344. The molecule has 0 aromatic heterocycles. The average Bonchev–Trinajstić information content (AvgIpc) is 2.52. The highest BCUT2D eigenvalue weighted by Gasteiger charge is 2.14. The van der Waals surface area contributed by atoms with E-state index in [0.717, 1.165) is 28.9 Å². The van der Waals surface area contributed by atoms with Crippen molar-refractivity contribution in [2.24, 2.45) is 5.73 Å². The fourth-order valence-electron chi connectivity index (χ4n) is 2.21. The molecule has 1 unspecified atom stereocenters. The van der Waals surface area contributed by atoms with Gasteiger partial charge in [0.15, 0.2) is 0 Å². The van der Waals surface area contributed by atoms with E-state index < -0.39 is 0 Å². The molecule has 0 amide bonds. The van der Waals surface area contributed by atoms with Crippen LogP contribution in [0.25, 0.3) is 11.3 Å². The Kier molecular flexibility index (Phi) is 5.85. The Hall–Kier alpha value is -1.77. The SMILES string of the molecule is CC(N)O/C(=C(/CCCl)c1ccccc1)c1ccccc1. The highest BCUT2D eigenvalue weighted by atomic mass is 35.5. The van der Waals surface area contributed by atoms with Crippen molar-refractivity contribution in [3.63, 3.8) is 0 Å². The molecule has 0 fully saturated rings. The molecule has 3 heteroatoms. The fourth-order valence-corrected chi connectivity index (χ4v) is 2.40. The molecule has 110 valence electrons. The summed E-state index contributed by atoms with van der Waals surface area (Å²) < 4.78 is 5.90. The van der Waals surface area contributed by atoms with Gasteiger partial charge in [-0.1, -0.05) is 60.7 Å². The van der Waals surface area contributed by atoms with Gasteiger partial charge >= 0.3 is 0 Å². The molecule has 1 atom stereocenters. The summed E-state index contributed by atoms with van der Waals surface area (Å²) in [6.45, 7) is 1.83. The van der Waals surface area contributed by atoms with E-state index in [1.54, 1.807) is 0 Å². The van der Waals surface area contributed by atoms with Gasteiger partial charge in [-0.25, -0.2) is 0 Å². The zero-order valence-corrected chi connectivity index (χ0v) is 12.9. The van der Waals surface area contributed by atoms with Crippen molar-refractivity contribution in [3.05, 3.63) is 71.8 Å². The average molecular weight is 302 g/mol. The first-order chi connectivity index (χ1) is 10.2. The molecule has 2 rings (SSSR count). The summed E-state index contributed by atoms with van der Waals surface area (Å²) in [5, 5.41) is 0. The van der Waals surface area contributed by atoms with Gasteiger partial charge < -0.3 is 4.74 Å². The van der Waals surface area contributed by atoms with Crippen LogP contribution < -0.4 is 5.73 Å². The molecule has 0 aliphatic carbocycles. The van der Waals surface area contributed by atoms with Crippen LogP contribution in [0.15, 0.2) is 60.7 Å². The van der Waals surface area contributed by atoms with Crippen molar-refractivity contribution < 1.29 is 4.74 Å². The minimum absolute atomic E-state index is 0.380. The summed E-state index contributed by atoms with van der Waals surface area (Å²) in [6, 6.07) is 20.2. The van der Waals surface area contributed by atoms with Gasteiger partial charge in [0.05, 0.1) is 0 Å². The van der Waals surface area contributed by atoms with Crippen LogP contribution in [0.1, 0.15) is 24.5 Å². The van der Waals surface area contributed by atoms with Gasteiger partial charge in [0.2, 0.25) is 0 Å². The molecule has 0 heterocycles. The molecule has 2 N–H and O–H groups in total. The fraction of sp³-hybridized carbons (Fsp3) is 0.222. The minimum atomic E-state index is -0.380. The van der Waals surface area contributed by atoms with Crippen molar-refractivity contribution in [1.82, 2.24) is 0 Å². The molecule has 21 heavy (non-hydrogen) atoms. The molecule has 2 nitrogen and oxygen atoms in total. The number of allylic oxidation sites excluding steroid dienone is 1. The zero-order valence-electron chi connectivity index (χ0n) is 12.1. The second-order valence-electron chi connectivity index (χ2n) is 4.80. The lowest BCUT2D eigenvalue weighted by Gasteiger charge is -2.19. The molecule has 0 saturated heterocycles. The smallest absolute Gasteiger partial charge is 0.144 e. The zero-order chi connectivity index (χ0) is 15.1. The number of benzene rings is 2. The maximum absolute atomic E-state index is 5.99. The lowest BCUT2D eigenvalue weighted by molar-refractivity contribution is 0.193. The third-order valence-corrected chi connectivity index (χ3v) is 3.27. The van der Waals surface area contributed by atoms with E-state index in [1.807, 2.05) is 55.5 Å². The highest BCUT2D eigenvalue weighted by Crippen LogP contribution is 2.30. The Morgan fingerprint density at radius 2 is 1.52 bits per heavy atom. The predicted octanol–water partition coefficient (Wildman–Crippen LogP) is 4.51. The first kappa shape index (κ1) is 15.6. The second kappa shape index (κ2) is 7.87. The number of halogens is 1. The highest BCUT2D eigenvalue weighted by molar-refractivity contribution is 6.18. The van der Waals surface area contributed by atoms with Crippen LogP contribution in [0.2, 0.25) is 0 Å². The van der Waals surface area contributed by atoms with Crippen LogP contribution in [-0.2, 0) is 4.74 Å². The largest absolute Gasteiger partial charge is 0.475 e. The molecule has 0 bridgehead atoms. The van der Waals surface area contributed by atoms with E-state index >= 15 is 0 Å². The van der Waals surface area contributed by atoms with E-state index in [-0.39, 0.29) is 6.23 Å². The summed E-state index contributed by atoms with van der Waals surface area (Å²) in [5.74, 6) is 1.33. The van der Waals surface area contributed by atoms with Crippen molar-refractivity contribution in [2.75, 3.05) is 5.88 Å². The molecular weight excluding hydrogens is 282 g/mol. The lowest BCUT2D eigenvalue weighted by atomic mass is 9.98. The monoisotopic (exact) mass is 301 g/mol. The van der Waals surface area contributed by atoms with Crippen molar-refractivity contribution in [2.45, 2.75) is 19.6 Å². The Balaban J connectivity index is 2.56.